The number of aromatic nitrogens is 4. The second-order valence-corrected chi connectivity index (χ2v) is 5.27. The van der Waals surface area contributed by atoms with Gasteiger partial charge in [0.1, 0.15) is 5.65 Å². The summed E-state index contributed by atoms with van der Waals surface area (Å²) in [6.07, 6.45) is 5.61. The van der Waals surface area contributed by atoms with E-state index in [4.69, 9.17) is 4.52 Å². The highest BCUT2D eigenvalue weighted by Gasteiger charge is 2.25. The van der Waals surface area contributed by atoms with Crippen LogP contribution in [0.3, 0.4) is 0 Å². The van der Waals surface area contributed by atoms with Crippen LogP contribution in [0.1, 0.15) is 11.9 Å². The lowest BCUT2D eigenvalue weighted by Gasteiger charge is -2.30. The number of imidazole rings is 1. The molecule has 108 valence electrons. The summed E-state index contributed by atoms with van der Waals surface area (Å²) in [6.45, 7) is 2.82. The van der Waals surface area contributed by atoms with Crippen LogP contribution < -0.4 is 5.32 Å². The van der Waals surface area contributed by atoms with Gasteiger partial charge in [-0.25, -0.2) is 4.98 Å². The van der Waals surface area contributed by atoms with Gasteiger partial charge in [-0.3, -0.25) is 4.90 Å². The number of fused-ring (bicyclic) bond motifs is 1. The van der Waals surface area contributed by atoms with Gasteiger partial charge in [0.05, 0.1) is 11.6 Å². The van der Waals surface area contributed by atoms with Crippen molar-refractivity contribution < 1.29 is 4.52 Å². The molecule has 1 saturated heterocycles. The van der Waals surface area contributed by atoms with Gasteiger partial charge in [0.2, 0.25) is 0 Å². The molecule has 1 aliphatic heterocycles. The van der Waals surface area contributed by atoms with E-state index in [1.807, 2.05) is 28.9 Å². The lowest BCUT2D eigenvalue weighted by atomic mass is 10.2. The molecule has 1 aliphatic rings. The number of hydrogen-bond donors (Lipinski definition) is 1. The predicted octanol–water partition coefficient (Wildman–Crippen LogP) is 0.960. The zero-order chi connectivity index (χ0) is 14.2. The topological polar surface area (TPSA) is 71.5 Å². The Hall–Kier alpha value is -2.25. The van der Waals surface area contributed by atoms with Crippen molar-refractivity contribution in [2.75, 3.05) is 26.7 Å². The van der Waals surface area contributed by atoms with E-state index in [1.54, 1.807) is 6.20 Å². The van der Waals surface area contributed by atoms with Crippen molar-refractivity contribution in [3.05, 3.63) is 36.5 Å². The summed E-state index contributed by atoms with van der Waals surface area (Å²) in [4.78, 5) is 11.0. The fourth-order valence-electron chi connectivity index (χ4n) is 2.63. The van der Waals surface area contributed by atoms with Gasteiger partial charge in [-0.2, -0.15) is 4.98 Å². The van der Waals surface area contributed by atoms with Crippen LogP contribution in [0.2, 0.25) is 0 Å². The van der Waals surface area contributed by atoms with Crippen molar-refractivity contribution in [2.24, 2.45) is 0 Å². The molecule has 21 heavy (non-hydrogen) atoms. The van der Waals surface area contributed by atoms with Crippen molar-refractivity contribution in [2.45, 2.75) is 6.04 Å². The molecule has 4 rings (SSSR count). The summed E-state index contributed by atoms with van der Waals surface area (Å²) in [5.74, 6) is 1.27. The molecule has 0 saturated carbocycles. The van der Waals surface area contributed by atoms with E-state index in [0.29, 0.717) is 5.89 Å². The molecule has 7 nitrogen and oxygen atoms in total. The largest absolute Gasteiger partial charge is 0.334 e. The van der Waals surface area contributed by atoms with Crippen molar-refractivity contribution >= 4 is 5.65 Å². The number of piperazine rings is 1. The summed E-state index contributed by atoms with van der Waals surface area (Å²) in [7, 11) is 2.08. The Morgan fingerprint density at radius 2 is 2.33 bits per heavy atom. The van der Waals surface area contributed by atoms with E-state index in [1.165, 1.54) is 0 Å². The Bertz CT molecular complexity index is 764. The number of nitrogens with zero attached hydrogens (tertiary/aromatic N) is 5. The predicted molar refractivity (Wildman–Crippen MR) is 76.7 cm³/mol. The van der Waals surface area contributed by atoms with Crippen LogP contribution in [0.15, 0.2) is 35.2 Å². The van der Waals surface area contributed by atoms with E-state index in [9.17, 15) is 0 Å². The van der Waals surface area contributed by atoms with Crippen molar-refractivity contribution in [1.29, 1.82) is 0 Å². The number of pyridine rings is 1. The molecule has 0 bridgehead atoms. The van der Waals surface area contributed by atoms with E-state index in [2.05, 4.69) is 32.4 Å². The van der Waals surface area contributed by atoms with Crippen LogP contribution in [0.4, 0.5) is 0 Å². The maximum Gasteiger partial charge on any atom is 0.259 e. The Morgan fingerprint density at radius 1 is 1.38 bits per heavy atom. The summed E-state index contributed by atoms with van der Waals surface area (Å²) in [5, 5.41) is 7.50. The van der Waals surface area contributed by atoms with Crippen LogP contribution in [0, 0.1) is 0 Å². The third-order valence-electron chi connectivity index (χ3n) is 3.89. The first-order valence-corrected chi connectivity index (χ1v) is 6.99. The number of likely N-dealkylation sites (N-methyl/N-ethyl adjacent to an activating group) is 1. The highest BCUT2D eigenvalue weighted by atomic mass is 16.5. The van der Waals surface area contributed by atoms with Gasteiger partial charge in [0.25, 0.3) is 5.89 Å². The molecular formula is C14H16N6O. The van der Waals surface area contributed by atoms with E-state index >= 15 is 0 Å². The van der Waals surface area contributed by atoms with Gasteiger partial charge >= 0.3 is 0 Å². The monoisotopic (exact) mass is 284 g/mol. The minimum atomic E-state index is 0.160. The molecule has 4 heterocycles. The SMILES string of the molecule is CN1CCNCC1c1noc(-c2ccc3nccn3c2)n1. The summed E-state index contributed by atoms with van der Waals surface area (Å²) < 4.78 is 7.37. The first kappa shape index (κ1) is 12.5. The molecule has 1 unspecified atom stereocenters. The number of rotatable bonds is 2. The summed E-state index contributed by atoms with van der Waals surface area (Å²) in [5.41, 5.74) is 1.79. The molecule has 3 aromatic rings. The molecule has 1 fully saturated rings. The van der Waals surface area contributed by atoms with E-state index in [0.717, 1.165) is 36.7 Å². The standard InChI is InChI=1S/C14H16N6O/c1-19-6-4-15-8-11(19)13-17-14(21-18-13)10-2-3-12-16-5-7-20(12)9-10/h2-3,5,7,9,11,15H,4,6,8H2,1H3. The molecule has 3 aromatic heterocycles. The minimum absolute atomic E-state index is 0.160. The third-order valence-corrected chi connectivity index (χ3v) is 3.89. The molecule has 0 radical (unpaired) electrons. The van der Waals surface area contributed by atoms with Crippen LogP contribution in [0.25, 0.3) is 17.1 Å². The number of nitrogens with one attached hydrogen (secondary N) is 1. The van der Waals surface area contributed by atoms with Gasteiger partial charge in [0.15, 0.2) is 5.82 Å². The zero-order valence-electron chi connectivity index (χ0n) is 11.7. The molecule has 0 aliphatic carbocycles. The summed E-state index contributed by atoms with van der Waals surface area (Å²) in [6, 6.07) is 4.05. The van der Waals surface area contributed by atoms with E-state index < -0.39 is 0 Å². The maximum atomic E-state index is 5.43. The van der Waals surface area contributed by atoms with Crippen LogP contribution in [-0.4, -0.2) is 51.1 Å². The fourth-order valence-corrected chi connectivity index (χ4v) is 2.63. The maximum absolute atomic E-state index is 5.43. The van der Waals surface area contributed by atoms with Gasteiger partial charge in [-0.1, -0.05) is 5.16 Å². The van der Waals surface area contributed by atoms with E-state index in [-0.39, 0.29) is 6.04 Å². The average Bonchev–Trinajstić information content (AvgIpc) is 3.16. The second kappa shape index (κ2) is 4.94. The first-order valence-electron chi connectivity index (χ1n) is 6.99. The molecule has 0 spiro atoms. The molecule has 7 heteroatoms. The lowest BCUT2D eigenvalue weighted by Crippen LogP contribution is -2.44. The quantitative estimate of drug-likeness (QED) is 0.756. The Morgan fingerprint density at radius 3 is 3.24 bits per heavy atom. The molecule has 0 amide bonds. The molecule has 1 atom stereocenters. The summed E-state index contributed by atoms with van der Waals surface area (Å²) >= 11 is 0. The first-order chi connectivity index (χ1) is 10.3. The van der Waals surface area contributed by atoms with Crippen molar-refractivity contribution in [1.82, 2.24) is 29.7 Å². The van der Waals surface area contributed by atoms with Gasteiger partial charge < -0.3 is 14.2 Å². The third kappa shape index (κ3) is 2.20. The van der Waals surface area contributed by atoms with Crippen LogP contribution in [-0.2, 0) is 0 Å². The zero-order valence-corrected chi connectivity index (χ0v) is 11.7. The van der Waals surface area contributed by atoms with Gasteiger partial charge in [0, 0.05) is 38.2 Å². The highest BCUT2D eigenvalue weighted by molar-refractivity contribution is 5.55. The molecule has 1 N–H and O–H groups in total. The normalized spacial score (nSPS) is 20.1. The Kier molecular flexibility index (Phi) is 2.94. The van der Waals surface area contributed by atoms with Crippen LogP contribution in [0.5, 0.6) is 0 Å². The average molecular weight is 284 g/mol. The Labute approximate surface area is 121 Å². The second-order valence-electron chi connectivity index (χ2n) is 5.27. The fraction of sp³-hybridized carbons (Fsp3) is 0.357. The molecule has 0 aromatic carbocycles. The van der Waals surface area contributed by atoms with Crippen molar-refractivity contribution in [3.8, 4) is 11.5 Å². The smallest absolute Gasteiger partial charge is 0.259 e. The minimum Gasteiger partial charge on any atom is -0.334 e. The van der Waals surface area contributed by atoms with Gasteiger partial charge in [-0.05, 0) is 19.2 Å². The molecular weight excluding hydrogens is 268 g/mol. The highest BCUT2D eigenvalue weighted by Crippen LogP contribution is 2.22. The van der Waals surface area contributed by atoms with Crippen LogP contribution >= 0.6 is 0 Å². The Balaban J connectivity index is 1.66. The van der Waals surface area contributed by atoms with Crippen molar-refractivity contribution in [3.63, 3.8) is 0 Å². The van der Waals surface area contributed by atoms with Gasteiger partial charge in [-0.15, -0.1) is 0 Å². The lowest BCUT2D eigenvalue weighted by molar-refractivity contribution is 0.190. The number of hydrogen-bond acceptors (Lipinski definition) is 6.